The molecular weight excluding hydrogens is 270 g/mol. The Labute approximate surface area is 123 Å². The summed E-state index contributed by atoms with van der Waals surface area (Å²) in [6.07, 6.45) is 7.17. The summed E-state index contributed by atoms with van der Waals surface area (Å²) in [4.78, 5) is 26.0. The summed E-state index contributed by atoms with van der Waals surface area (Å²) in [7, 11) is 0. The Hall–Kier alpha value is -1.78. The first-order chi connectivity index (χ1) is 10.1. The van der Waals surface area contributed by atoms with E-state index in [1.165, 1.54) is 12.7 Å². The molecule has 0 spiro atoms. The largest absolute Gasteiger partial charge is 0.480 e. The average Bonchev–Trinajstić information content (AvgIpc) is 2.91. The van der Waals surface area contributed by atoms with Gasteiger partial charge in [0.1, 0.15) is 18.1 Å². The lowest BCUT2D eigenvalue weighted by molar-refractivity contribution is -0.146. The summed E-state index contributed by atoms with van der Waals surface area (Å²) in [5.74, 6) is 0.0252. The Bertz CT molecular complexity index is 550. The molecule has 5 nitrogen and oxygen atoms in total. The lowest BCUT2D eigenvalue weighted by Crippen LogP contribution is -2.57. The van der Waals surface area contributed by atoms with Gasteiger partial charge in [0.15, 0.2) is 0 Å². The highest BCUT2D eigenvalue weighted by atomic mass is 16.4. The minimum Gasteiger partial charge on any atom is -0.480 e. The van der Waals surface area contributed by atoms with Gasteiger partial charge in [0.05, 0.1) is 5.56 Å². The molecule has 1 aromatic heterocycles. The lowest BCUT2D eigenvalue weighted by atomic mass is 9.76. The minimum absolute atomic E-state index is 0.0660. The number of furan rings is 1. The number of carbonyl (C=O) groups excluding carboxylic acids is 1. The van der Waals surface area contributed by atoms with Crippen LogP contribution in [0.15, 0.2) is 16.7 Å². The van der Waals surface area contributed by atoms with E-state index in [0.29, 0.717) is 23.7 Å². The number of carboxylic acid groups (broad SMARTS) is 1. The Morgan fingerprint density at radius 1 is 1.24 bits per heavy atom. The smallest absolute Gasteiger partial charge is 0.326 e. The fraction of sp³-hybridized carbons (Fsp3) is 0.625. The lowest BCUT2D eigenvalue weighted by Gasteiger charge is -2.47. The number of rotatable bonds is 2. The van der Waals surface area contributed by atoms with E-state index in [0.717, 1.165) is 25.7 Å². The van der Waals surface area contributed by atoms with Crippen LogP contribution in [-0.4, -0.2) is 34.0 Å². The minimum atomic E-state index is -0.896. The van der Waals surface area contributed by atoms with Gasteiger partial charge in [-0.15, -0.1) is 0 Å². The molecule has 1 aliphatic heterocycles. The highest BCUT2D eigenvalue weighted by Crippen LogP contribution is 2.38. The average molecular weight is 291 g/mol. The number of aliphatic carboxylic acids is 1. The fourth-order valence-electron chi connectivity index (χ4n) is 3.87. The van der Waals surface area contributed by atoms with Crippen LogP contribution in [-0.2, 0) is 4.79 Å². The second-order valence-electron chi connectivity index (χ2n) is 6.20. The maximum absolute atomic E-state index is 12.8. The van der Waals surface area contributed by atoms with Crippen molar-refractivity contribution in [3.05, 3.63) is 23.7 Å². The number of carbonyl (C=O) groups is 2. The van der Waals surface area contributed by atoms with E-state index in [-0.39, 0.29) is 11.9 Å². The second kappa shape index (κ2) is 5.54. The van der Waals surface area contributed by atoms with Crippen LogP contribution in [0.25, 0.3) is 0 Å². The van der Waals surface area contributed by atoms with Crippen LogP contribution >= 0.6 is 0 Å². The summed E-state index contributed by atoms with van der Waals surface area (Å²) < 4.78 is 5.21. The summed E-state index contributed by atoms with van der Waals surface area (Å²) in [5.41, 5.74) is 0.463. The van der Waals surface area contributed by atoms with Crippen LogP contribution in [0.2, 0.25) is 0 Å². The third-order valence-electron chi connectivity index (χ3n) is 4.87. The van der Waals surface area contributed by atoms with E-state index in [4.69, 9.17) is 4.42 Å². The van der Waals surface area contributed by atoms with E-state index in [2.05, 4.69) is 0 Å². The standard InChI is InChI=1S/C16H21NO4/c1-10-8-12(9-21-10)15(18)17-13-5-3-2-4-11(13)6-7-14(17)16(19)20/h8-9,11,13-14H,2-7H2,1H3,(H,19,20). The molecule has 3 rings (SSSR count). The van der Waals surface area contributed by atoms with Crippen molar-refractivity contribution in [3.8, 4) is 0 Å². The molecule has 21 heavy (non-hydrogen) atoms. The zero-order chi connectivity index (χ0) is 15.0. The van der Waals surface area contributed by atoms with Crippen molar-refractivity contribution >= 4 is 11.9 Å². The summed E-state index contributed by atoms with van der Waals surface area (Å²) in [6.45, 7) is 1.78. The molecule has 0 bridgehead atoms. The first kappa shape index (κ1) is 14.2. The van der Waals surface area contributed by atoms with Gasteiger partial charge in [-0.1, -0.05) is 12.8 Å². The highest BCUT2D eigenvalue weighted by molar-refractivity contribution is 5.96. The van der Waals surface area contributed by atoms with Gasteiger partial charge in [-0.05, 0) is 44.6 Å². The van der Waals surface area contributed by atoms with Crippen LogP contribution in [0, 0.1) is 12.8 Å². The molecule has 2 aliphatic rings. The van der Waals surface area contributed by atoms with Gasteiger partial charge < -0.3 is 14.4 Å². The molecule has 3 atom stereocenters. The van der Waals surface area contributed by atoms with E-state index in [1.807, 2.05) is 0 Å². The van der Waals surface area contributed by atoms with Crippen LogP contribution in [0.5, 0.6) is 0 Å². The molecule has 114 valence electrons. The van der Waals surface area contributed by atoms with E-state index >= 15 is 0 Å². The molecule has 5 heteroatoms. The second-order valence-corrected chi connectivity index (χ2v) is 6.20. The normalized spacial score (nSPS) is 29.0. The van der Waals surface area contributed by atoms with E-state index in [9.17, 15) is 14.7 Å². The molecule has 1 aromatic rings. The molecule has 1 amide bonds. The quantitative estimate of drug-likeness (QED) is 0.909. The predicted molar refractivity (Wildman–Crippen MR) is 76.0 cm³/mol. The summed E-state index contributed by atoms with van der Waals surface area (Å²) >= 11 is 0. The van der Waals surface area contributed by atoms with E-state index in [1.54, 1.807) is 17.9 Å². The monoisotopic (exact) mass is 291 g/mol. The molecule has 1 N–H and O–H groups in total. The molecule has 0 radical (unpaired) electrons. The first-order valence-electron chi connectivity index (χ1n) is 7.68. The van der Waals surface area contributed by atoms with Crippen LogP contribution in [0.1, 0.15) is 54.6 Å². The first-order valence-corrected chi connectivity index (χ1v) is 7.68. The number of piperidine rings is 1. The van der Waals surface area contributed by atoms with Gasteiger partial charge in [-0.3, -0.25) is 4.79 Å². The Morgan fingerprint density at radius 3 is 2.67 bits per heavy atom. The van der Waals surface area contributed by atoms with Gasteiger partial charge in [0.2, 0.25) is 0 Å². The fourth-order valence-corrected chi connectivity index (χ4v) is 3.87. The van der Waals surface area contributed by atoms with E-state index < -0.39 is 12.0 Å². The molecule has 0 aromatic carbocycles. The van der Waals surface area contributed by atoms with Crippen LogP contribution in [0.4, 0.5) is 0 Å². The Morgan fingerprint density at radius 2 is 2.00 bits per heavy atom. The number of hydrogen-bond donors (Lipinski definition) is 1. The van der Waals surface area contributed by atoms with Gasteiger partial charge in [-0.2, -0.15) is 0 Å². The third-order valence-corrected chi connectivity index (χ3v) is 4.87. The van der Waals surface area contributed by atoms with Crippen LogP contribution in [0.3, 0.4) is 0 Å². The third kappa shape index (κ3) is 2.57. The Kier molecular flexibility index (Phi) is 3.74. The van der Waals surface area contributed by atoms with Crippen molar-refractivity contribution in [3.63, 3.8) is 0 Å². The number of hydrogen-bond acceptors (Lipinski definition) is 3. The molecule has 2 heterocycles. The summed E-state index contributed by atoms with van der Waals surface area (Å²) in [6, 6.07) is 1.05. The molecule has 1 aliphatic carbocycles. The van der Waals surface area contributed by atoms with Crippen molar-refractivity contribution < 1.29 is 19.1 Å². The van der Waals surface area contributed by atoms with Gasteiger partial charge in [0, 0.05) is 6.04 Å². The topological polar surface area (TPSA) is 70.8 Å². The zero-order valence-electron chi connectivity index (χ0n) is 12.2. The number of aryl methyl sites for hydroxylation is 1. The Balaban J connectivity index is 1.92. The van der Waals surface area contributed by atoms with Gasteiger partial charge >= 0.3 is 5.97 Å². The SMILES string of the molecule is Cc1cc(C(=O)N2C(C(=O)O)CCC3CCCCC32)co1. The van der Waals surface area contributed by atoms with Gasteiger partial charge in [-0.25, -0.2) is 4.79 Å². The zero-order valence-corrected chi connectivity index (χ0v) is 12.2. The molecule has 1 saturated heterocycles. The predicted octanol–water partition coefficient (Wildman–Crippen LogP) is 2.84. The molecule has 3 unspecified atom stereocenters. The maximum atomic E-state index is 12.8. The van der Waals surface area contributed by atoms with Crippen molar-refractivity contribution in [1.29, 1.82) is 0 Å². The number of nitrogens with zero attached hydrogens (tertiary/aromatic N) is 1. The van der Waals surface area contributed by atoms with Gasteiger partial charge in [0.25, 0.3) is 5.91 Å². The van der Waals surface area contributed by atoms with Crippen molar-refractivity contribution in [2.75, 3.05) is 0 Å². The van der Waals surface area contributed by atoms with Crippen molar-refractivity contribution in [1.82, 2.24) is 4.90 Å². The number of carboxylic acids is 1. The number of amides is 1. The number of likely N-dealkylation sites (tertiary alicyclic amines) is 1. The molecule has 1 saturated carbocycles. The van der Waals surface area contributed by atoms with Crippen LogP contribution < -0.4 is 0 Å². The highest BCUT2D eigenvalue weighted by Gasteiger charge is 2.44. The maximum Gasteiger partial charge on any atom is 0.326 e. The van der Waals surface area contributed by atoms with Crippen molar-refractivity contribution in [2.45, 2.75) is 57.5 Å². The number of fused-ring (bicyclic) bond motifs is 1. The molecular formula is C16H21NO4. The molecule has 2 fully saturated rings. The van der Waals surface area contributed by atoms with Crippen molar-refractivity contribution in [2.24, 2.45) is 5.92 Å². The summed E-state index contributed by atoms with van der Waals surface area (Å²) in [5, 5.41) is 9.48.